The topological polar surface area (TPSA) is 59.8 Å². The Morgan fingerprint density at radius 3 is 2.56 bits per heavy atom. The molecule has 0 aliphatic carbocycles. The molecule has 0 unspecified atom stereocenters. The molecular weight excluding hydrogens is 487 g/mol. The van der Waals surface area contributed by atoms with Gasteiger partial charge in [-0.2, -0.15) is 0 Å². The van der Waals surface area contributed by atoms with Gasteiger partial charge in [-0.1, -0.05) is 89.6 Å². The van der Waals surface area contributed by atoms with E-state index >= 15 is 0 Å². The van der Waals surface area contributed by atoms with Gasteiger partial charge in [0.2, 0.25) is 5.91 Å². The molecule has 0 spiro atoms. The van der Waals surface area contributed by atoms with Crippen molar-refractivity contribution in [3.05, 3.63) is 111 Å². The van der Waals surface area contributed by atoms with E-state index in [1.807, 2.05) is 53.1 Å². The zero-order valence-electron chi connectivity index (χ0n) is 18.4. The third-order valence-electron chi connectivity index (χ3n) is 5.12. The minimum atomic E-state index is -0.227. The van der Waals surface area contributed by atoms with E-state index in [0.717, 1.165) is 11.3 Å². The van der Waals surface area contributed by atoms with E-state index in [2.05, 4.69) is 34.6 Å². The molecule has 1 N–H and O–H groups in total. The summed E-state index contributed by atoms with van der Waals surface area (Å²) < 4.78 is 1.86. The maximum absolute atomic E-state index is 12.4. The SMILES string of the molecule is Cc1ccccc1CSc1nnc(CNC(=O)C=Cc2ccccc2)n1-c1ccc(Cl)cc1Cl. The van der Waals surface area contributed by atoms with Gasteiger partial charge in [-0.25, -0.2) is 0 Å². The van der Waals surface area contributed by atoms with Gasteiger partial charge in [-0.05, 0) is 47.9 Å². The molecule has 0 saturated heterocycles. The molecule has 4 rings (SSSR count). The van der Waals surface area contributed by atoms with Gasteiger partial charge in [-0.3, -0.25) is 9.36 Å². The minimum absolute atomic E-state index is 0.189. The first-order chi connectivity index (χ1) is 16.5. The Morgan fingerprint density at radius 1 is 1.03 bits per heavy atom. The fourth-order valence-corrected chi connectivity index (χ4v) is 4.82. The maximum atomic E-state index is 12.4. The third kappa shape index (κ3) is 6.08. The van der Waals surface area contributed by atoms with Crippen LogP contribution in [0, 0.1) is 6.92 Å². The Labute approximate surface area is 212 Å². The number of carbonyl (C=O) groups excluding carboxylic acids is 1. The second-order valence-corrected chi connectivity index (χ2v) is 9.29. The van der Waals surface area contributed by atoms with E-state index in [1.54, 1.807) is 30.0 Å². The number of hydrogen-bond acceptors (Lipinski definition) is 4. The minimum Gasteiger partial charge on any atom is -0.345 e. The van der Waals surface area contributed by atoms with Crippen molar-refractivity contribution in [3.8, 4) is 5.69 Å². The number of carbonyl (C=O) groups is 1. The zero-order valence-corrected chi connectivity index (χ0v) is 20.7. The number of halogens is 2. The molecule has 0 fully saturated rings. The highest BCUT2D eigenvalue weighted by Gasteiger charge is 2.18. The summed E-state index contributed by atoms with van der Waals surface area (Å²) in [7, 11) is 0. The number of rotatable bonds is 8. The molecule has 1 amide bonds. The Morgan fingerprint density at radius 2 is 1.79 bits per heavy atom. The summed E-state index contributed by atoms with van der Waals surface area (Å²) >= 11 is 14.2. The molecule has 0 aliphatic rings. The smallest absolute Gasteiger partial charge is 0.244 e. The zero-order chi connectivity index (χ0) is 23.9. The van der Waals surface area contributed by atoms with Crippen molar-refractivity contribution in [2.45, 2.75) is 24.4 Å². The van der Waals surface area contributed by atoms with Crippen molar-refractivity contribution in [1.82, 2.24) is 20.1 Å². The largest absolute Gasteiger partial charge is 0.345 e. The maximum Gasteiger partial charge on any atom is 0.244 e. The van der Waals surface area contributed by atoms with Crippen LogP contribution in [0.5, 0.6) is 0 Å². The summed E-state index contributed by atoms with van der Waals surface area (Å²) in [5, 5.41) is 13.3. The fraction of sp³-hybridized carbons (Fsp3) is 0.115. The molecule has 8 heteroatoms. The summed E-state index contributed by atoms with van der Waals surface area (Å²) in [5.74, 6) is 1.06. The Hall–Kier alpha value is -3.06. The van der Waals surface area contributed by atoms with Gasteiger partial charge >= 0.3 is 0 Å². The number of thioether (sulfide) groups is 1. The van der Waals surface area contributed by atoms with Crippen molar-refractivity contribution >= 4 is 46.9 Å². The highest BCUT2D eigenvalue weighted by Crippen LogP contribution is 2.31. The molecule has 0 atom stereocenters. The van der Waals surface area contributed by atoms with E-state index in [0.29, 0.717) is 26.7 Å². The van der Waals surface area contributed by atoms with Crippen molar-refractivity contribution in [2.75, 3.05) is 0 Å². The summed E-state index contributed by atoms with van der Waals surface area (Å²) in [5.41, 5.74) is 4.07. The average molecular weight is 509 g/mol. The van der Waals surface area contributed by atoms with E-state index in [4.69, 9.17) is 23.2 Å². The van der Waals surface area contributed by atoms with Gasteiger partial charge in [-0.15, -0.1) is 10.2 Å². The molecule has 0 bridgehead atoms. The molecular formula is C26H22Cl2N4OS. The molecule has 0 saturated carbocycles. The van der Waals surface area contributed by atoms with Crippen LogP contribution in [0.3, 0.4) is 0 Å². The van der Waals surface area contributed by atoms with Crippen LogP contribution < -0.4 is 5.32 Å². The predicted molar refractivity (Wildman–Crippen MR) is 139 cm³/mol. The second-order valence-electron chi connectivity index (χ2n) is 7.51. The van der Waals surface area contributed by atoms with Crippen molar-refractivity contribution in [1.29, 1.82) is 0 Å². The first kappa shape index (κ1) is 24.1. The van der Waals surface area contributed by atoms with E-state index < -0.39 is 0 Å². The lowest BCUT2D eigenvalue weighted by molar-refractivity contribution is -0.116. The first-order valence-corrected chi connectivity index (χ1v) is 12.3. The van der Waals surface area contributed by atoms with E-state index in [-0.39, 0.29) is 12.5 Å². The number of hydrogen-bond donors (Lipinski definition) is 1. The first-order valence-electron chi connectivity index (χ1n) is 10.6. The van der Waals surface area contributed by atoms with Gasteiger partial charge in [0.05, 0.1) is 17.3 Å². The van der Waals surface area contributed by atoms with Crippen molar-refractivity contribution < 1.29 is 4.79 Å². The Bertz CT molecular complexity index is 1320. The number of nitrogens with one attached hydrogen (secondary N) is 1. The number of benzene rings is 3. The molecule has 34 heavy (non-hydrogen) atoms. The number of aromatic nitrogens is 3. The second kappa shape index (κ2) is 11.4. The van der Waals surface area contributed by atoms with Gasteiger partial charge in [0.25, 0.3) is 0 Å². The van der Waals surface area contributed by atoms with Gasteiger partial charge in [0.15, 0.2) is 11.0 Å². The quantitative estimate of drug-likeness (QED) is 0.218. The van der Waals surface area contributed by atoms with Crippen LogP contribution in [0.1, 0.15) is 22.5 Å². The van der Waals surface area contributed by atoms with Crippen LogP contribution in [0.15, 0.2) is 84.0 Å². The highest BCUT2D eigenvalue weighted by molar-refractivity contribution is 7.98. The van der Waals surface area contributed by atoms with Crippen LogP contribution in [-0.2, 0) is 17.1 Å². The molecule has 0 aliphatic heterocycles. The van der Waals surface area contributed by atoms with Crippen LogP contribution in [0.25, 0.3) is 11.8 Å². The van der Waals surface area contributed by atoms with Crippen LogP contribution in [0.2, 0.25) is 10.0 Å². The third-order valence-corrected chi connectivity index (χ3v) is 6.63. The molecule has 3 aromatic carbocycles. The van der Waals surface area contributed by atoms with Crippen LogP contribution >= 0.6 is 35.0 Å². The van der Waals surface area contributed by atoms with Crippen molar-refractivity contribution in [3.63, 3.8) is 0 Å². The fourth-order valence-electron chi connectivity index (χ4n) is 3.29. The molecule has 172 valence electrons. The summed E-state index contributed by atoms with van der Waals surface area (Å²) in [6, 6.07) is 23.1. The lowest BCUT2D eigenvalue weighted by Crippen LogP contribution is -2.22. The van der Waals surface area contributed by atoms with Gasteiger partial charge in [0.1, 0.15) is 0 Å². The lowest BCUT2D eigenvalue weighted by atomic mass is 10.1. The normalized spacial score (nSPS) is 11.1. The molecule has 5 nitrogen and oxygen atoms in total. The number of aryl methyl sites for hydroxylation is 1. The number of nitrogens with zero attached hydrogens (tertiary/aromatic N) is 3. The Balaban J connectivity index is 1.56. The molecule has 4 aromatic rings. The summed E-state index contributed by atoms with van der Waals surface area (Å²) in [6.45, 7) is 2.27. The standard InChI is InChI=1S/C26H22Cl2N4OS/c1-18-7-5-6-10-20(18)17-34-26-31-30-24(32(26)23-13-12-21(27)15-22(23)28)16-29-25(33)14-11-19-8-3-2-4-9-19/h2-15H,16-17H2,1H3,(H,29,33). The van der Waals surface area contributed by atoms with Crippen LogP contribution in [-0.4, -0.2) is 20.7 Å². The molecule has 1 aromatic heterocycles. The predicted octanol–water partition coefficient (Wildman–Crippen LogP) is 6.50. The van der Waals surface area contributed by atoms with Crippen LogP contribution in [0.4, 0.5) is 0 Å². The van der Waals surface area contributed by atoms with Gasteiger partial charge < -0.3 is 5.32 Å². The summed E-state index contributed by atoms with van der Waals surface area (Å²) in [4.78, 5) is 12.4. The van der Waals surface area contributed by atoms with E-state index in [1.165, 1.54) is 17.2 Å². The lowest BCUT2D eigenvalue weighted by Gasteiger charge is -2.13. The number of amides is 1. The Kier molecular flexibility index (Phi) is 8.06. The summed E-state index contributed by atoms with van der Waals surface area (Å²) in [6.07, 6.45) is 3.26. The molecule has 0 radical (unpaired) electrons. The van der Waals surface area contributed by atoms with Crippen molar-refractivity contribution in [2.24, 2.45) is 0 Å². The molecule has 1 heterocycles. The average Bonchev–Trinajstić information content (AvgIpc) is 3.24. The van der Waals surface area contributed by atoms with Gasteiger partial charge in [0, 0.05) is 16.9 Å². The monoisotopic (exact) mass is 508 g/mol. The van der Waals surface area contributed by atoms with E-state index in [9.17, 15) is 4.79 Å². The highest BCUT2D eigenvalue weighted by atomic mass is 35.5.